The van der Waals surface area contributed by atoms with Crippen LogP contribution in [0.2, 0.25) is 0 Å². The van der Waals surface area contributed by atoms with Crippen molar-refractivity contribution >= 4 is 47.0 Å². The Morgan fingerprint density at radius 1 is 1.00 bits per heavy atom. The Kier molecular flexibility index (Phi) is 14.8. The fourth-order valence-electron chi connectivity index (χ4n) is 6.73. The Labute approximate surface area is 323 Å². The smallest absolute Gasteiger partial charge is 0.404 e. The molecule has 302 valence electrons. The van der Waals surface area contributed by atoms with Crippen LogP contribution in [-0.2, 0) is 33.3 Å². The van der Waals surface area contributed by atoms with Crippen LogP contribution in [0.1, 0.15) is 66.8 Å². The lowest BCUT2D eigenvalue weighted by Gasteiger charge is -2.33. The van der Waals surface area contributed by atoms with Gasteiger partial charge in [0.25, 0.3) is 0 Å². The van der Waals surface area contributed by atoms with Crippen molar-refractivity contribution in [1.82, 2.24) is 19.2 Å². The van der Waals surface area contributed by atoms with E-state index in [1.54, 1.807) is 0 Å². The average Bonchev–Trinajstić information content (AvgIpc) is 3.18. The molecule has 3 heterocycles. The van der Waals surface area contributed by atoms with Crippen LogP contribution >= 0.6 is 0 Å². The number of hydrogen-bond donors (Lipinski definition) is 3. The summed E-state index contributed by atoms with van der Waals surface area (Å²) in [6, 6.07) is 15.1. The number of anilines is 2. The highest BCUT2D eigenvalue weighted by Gasteiger charge is 2.36. The van der Waals surface area contributed by atoms with Crippen molar-refractivity contribution in [2.24, 2.45) is 10.7 Å². The maximum Gasteiger partial charge on any atom is 0.419 e. The normalized spacial score (nSPS) is 18.1. The quantitative estimate of drug-likeness (QED) is 0.0855. The maximum absolute atomic E-state index is 13.7. The number of carbonyl (C=O) groups is 2. The Balaban J connectivity index is 1.12. The lowest BCUT2D eigenvalue weighted by Crippen LogP contribution is -2.40. The van der Waals surface area contributed by atoms with Gasteiger partial charge < -0.3 is 26.0 Å². The number of benzene rings is 2. The van der Waals surface area contributed by atoms with Gasteiger partial charge in [0.2, 0.25) is 5.95 Å². The number of allylic oxidation sites excluding steroid dienone is 1. The van der Waals surface area contributed by atoms with Gasteiger partial charge in [0, 0.05) is 62.0 Å². The summed E-state index contributed by atoms with van der Waals surface area (Å²) in [4.78, 5) is 36.0. The van der Waals surface area contributed by atoms with Crippen LogP contribution < -0.4 is 16.4 Å². The summed E-state index contributed by atoms with van der Waals surface area (Å²) in [5, 5.41) is 6.17. The molecule has 3 aromatic rings. The topological polar surface area (TPSA) is 146 Å². The summed E-state index contributed by atoms with van der Waals surface area (Å²) in [6.07, 6.45) is -2.36. The van der Waals surface area contributed by atoms with Gasteiger partial charge in [0.05, 0.1) is 16.6 Å². The number of nitrogens with one attached hydrogen (secondary N) is 2. The number of rotatable bonds is 16. The number of alkyl halides is 6. The van der Waals surface area contributed by atoms with Crippen LogP contribution in [0.15, 0.2) is 70.8 Å². The number of aliphatic imine (C=N–C) groups is 1. The summed E-state index contributed by atoms with van der Waals surface area (Å²) in [5.41, 5.74) is 6.17. The molecule has 4 N–H and O–H groups in total. The molecule has 18 heteroatoms. The second-order valence-electron chi connectivity index (χ2n) is 13.7. The van der Waals surface area contributed by atoms with Crippen molar-refractivity contribution in [2.75, 3.05) is 43.4 Å². The third kappa shape index (κ3) is 12.2. The number of nitrogens with zero attached hydrogens (tertiary/aromatic N) is 5. The fraction of sp³-hybridized carbons (Fsp3) is 0.447. The molecule has 2 fully saturated rings. The molecule has 0 saturated carbocycles. The van der Waals surface area contributed by atoms with Gasteiger partial charge in [-0.05, 0) is 86.5 Å². The largest absolute Gasteiger partial charge is 0.419 e. The highest BCUT2D eigenvalue weighted by molar-refractivity contribution is 7.82. The molecule has 0 radical (unpaired) electrons. The van der Waals surface area contributed by atoms with Crippen LogP contribution in [0.5, 0.6) is 0 Å². The molecule has 2 saturated heterocycles. The summed E-state index contributed by atoms with van der Waals surface area (Å²) in [7, 11) is -1.45. The number of halogens is 6. The van der Waals surface area contributed by atoms with Gasteiger partial charge in [-0.25, -0.2) is 18.5 Å². The minimum absolute atomic E-state index is 0.157. The van der Waals surface area contributed by atoms with Gasteiger partial charge in [0.1, 0.15) is 35.7 Å². The molecule has 2 atom stereocenters. The van der Waals surface area contributed by atoms with Gasteiger partial charge in [-0.15, -0.1) is 0 Å². The summed E-state index contributed by atoms with van der Waals surface area (Å²) >= 11 is 0. The van der Waals surface area contributed by atoms with Crippen LogP contribution in [0, 0.1) is 0 Å². The molecular weight excluding hydrogens is 763 g/mol. The zero-order valence-corrected chi connectivity index (χ0v) is 31.3. The summed E-state index contributed by atoms with van der Waals surface area (Å²) in [6.45, 7) is 1.75. The van der Waals surface area contributed by atoms with Crippen LogP contribution in [-0.4, -0.2) is 93.2 Å². The molecule has 11 nitrogen and oxygen atoms in total. The Bertz CT molecular complexity index is 1860. The molecule has 1 aromatic heterocycles. The number of nitrogens with two attached hydrogens (primary N) is 1. The first-order valence-corrected chi connectivity index (χ1v) is 19.3. The predicted octanol–water partition coefficient (Wildman–Crippen LogP) is 6.37. The van der Waals surface area contributed by atoms with E-state index < -0.39 is 52.8 Å². The molecule has 2 aliphatic heterocycles. The second-order valence-corrected chi connectivity index (χ2v) is 15.2. The number of aldehydes is 2. The standard InChI is InChI=1S/C38H44F6N8O3S/c39-37(40,41)25-46-21-29(20-45)35-34(38(42,43)44)22-47-36(50-35)49-31-12-16-52(17-13-31)56(55)33-5-1-3-26(19-33)23-51-14-10-28(11-15-51)27-6-8-30(9-7-27)48-32(24-54)4-2-18-53/h1,3,5-9,18-22,24,28,31-32,48H,2,4,10-17,23,25,45H2,(H,47,49,50)/b29-20+,46-21?. The minimum atomic E-state index is -4.90. The van der Waals surface area contributed by atoms with Crippen molar-refractivity contribution in [3.63, 3.8) is 0 Å². The first kappa shape index (κ1) is 42.5. The van der Waals surface area contributed by atoms with Crippen molar-refractivity contribution in [2.45, 2.75) is 80.3 Å². The van der Waals surface area contributed by atoms with E-state index in [9.17, 15) is 40.1 Å². The van der Waals surface area contributed by atoms with Crippen molar-refractivity contribution in [3.05, 3.63) is 83.3 Å². The second kappa shape index (κ2) is 19.5. The van der Waals surface area contributed by atoms with Gasteiger partial charge in [-0.3, -0.25) is 9.89 Å². The van der Waals surface area contributed by atoms with E-state index in [-0.39, 0.29) is 12.0 Å². The van der Waals surface area contributed by atoms with Crippen LogP contribution in [0.3, 0.4) is 0 Å². The molecule has 5 rings (SSSR count). The zero-order chi connectivity index (χ0) is 40.3. The summed E-state index contributed by atoms with van der Waals surface area (Å²) in [5.74, 6) is 0.253. The Hall–Kier alpha value is -4.68. The monoisotopic (exact) mass is 806 g/mol. The average molecular weight is 807 g/mol. The molecule has 2 aliphatic rings. The van der Waals surface area contributed by atoms with Gasteiger partial charge >= 0.3 is 12.4 Å². The Morgan fingerprint density at radius 3 is 2.34 bits per heavy atom. The molecule has 0 bridgehead atoms. The van der Waals surface area contributed by atoms with Gasteiger partial charge in [0.15, 0.2) is 0 Å². The van der Waals surface area contributed by atoms with Gasteiger partial charge in [-0.1, -0.05) is 24.3 Å². The number of carbonyl (C=O) groups excluding carboxylic acids is 2. The van der Waals surface area contributed by atoms with E-state index >= 15 is 0 Å². The first-order valence-electron chi connectivity index (χ1n) is 18.2. The van der Waals surface area contributed by atoms with E-state index in [4.69, 9.17) is 5.73 Å². The summed E-state index contributed by atoms with van der Waals surface area (Å²) < 4.78 is 94.4. The van der Waals surface area contributed by atoms with Crippen molar-refractivity contribution < 1.29 is 40.1 Å². The van der Waals surface area contributed by atoms with Crippen molar-refractivity contribution in [3.8, 4) is 0 Å². The highest BCUT2D eigenvalue weighted by Crippen LogP contribution is 2.34. The number of aromatic nitrogens is 2. The lowest BCUT2D eigenvalue weighted by molar-refractivity contribution is -0.138. The van der Waals surface area contributed by atoms with E-state index in [1.165, 1.54) is 5.56 Å². The molecule has 0 amide bonds. The molecule has 0 spiro atoms. The lowest BCUT2D eigenvalue weighted by atomic mass is 9.89. The Morgan fingerprint density at radius 2 is 1.71 bits per heavy atom. The third-order valence-electron chi connectivity index (χ3n) is 9.66. The SMILES string of the molecule is N/C=C(\C=NCC(F)(F)F)c1nc(NC2CCN(S(=O)c3cccc(CN4CCC(c5ccc(NC(C=O)CCC=O)cc5)CC4)c3)CC2)ncc1C(F)(F)F. The fourth-order valence-corrected chi connectivity index (χ4v) is 8.02. The minimum Gasteiger partial charge on any atom is -0.404 e. The predicted molar refractivity (Wildman–Crippen MR) is 202 cm³/mol. The number of hydrogen-bond acceptors (Lipinski definition) is 10. The number of piperidine rings is 2. The molecule has 2 unspecified atom stereocenters. The third-order valence-corrected chi connectivity index (χ3v) is 11.1. The van der Waals surface area contributed by atoms with E-state index in [1.807, 2.05) is 40.7 Å². The highest BCUT2D eigenvalue weighted by atomic mass is 32.2. The molecule has 56 heavy (non-hydrogen) atoms. The van der Waals surface area contributed by atoms with E-state index in [0.29, 0.717) is 74.7 Å². The van der Waals surface area contributed by atoms with E-state index in [0.717, 1.165) is 49.8 Å². The van der Waals surface area contributed by atoms with Crippen molar-refractivity contribution in [1.29, 1.82) is 0 Å². The zero-order valence-electron chi connectivity index (χ0n) is 30.4. The van der Waals surface area contributed by atoms with E-state index in [2.05, 4.69) is 42.6 Å². The molecular formula is C38H44F6N8O3S. The van der Waals surface area contributed by atoms with Crippen LogP contribution in [0.4, 0.5) is 38.0 Å². The van der Waals surface area contributed by atoms with Crippen LogP contribution in [0.25, 0.3) is 5.57 Å². The molecule has 0 aliphatic carbocycles. The van der Waals surface area contributed by atoms with Gasteiger partial charge in [-0.2, -0.15) is 26.3 Å². The first-order chi connectivity index (χ1) is 26.8. The molecule has 2 aromatic carbocycles. The number of likely N-dealkylation sites (tertiary alicyclic amines) is 1. The maximum atomic E-state index is 13.7.